The molecular formula is C12H15NO2. The Morgan fingerprint density at radius 3 is 2.80 bits per heavy atom. The van der Waals surface area contributed by atoms with Crippen molar-refractivity contribution >= 4 is 11.8 Å². The predicted octanol–water partition coefficient (Wildman–Crippen LogP) is 3.18. The second-order valence-corrected chi connectivity index (χ2v) is 4.23. The summed E-state index contributed by atoms with van der Waals surface area (Å²) in [7, 11) is 0. The Morgan fingerprint density at radius 1 is 1.40 bits per heavy atom. The van der Waals surface area contributed by atoms with Gasteiger partial charge in [0.25, 0.3) is 0 Å². The van der Waals surface area contributed by atoms with Gasteiger partial charge >= 0.3 is 6.09 Å². The van der Waals surface area contributed by atoms with Crippen molar-refractivity contribution in [1.82, 2.24) is 0 Å². The van der Waals surface area contributed by atoms with Crippen molar-refractivity contribution in [1.29, 1.82) is 0 Å². The van der Waals surface area contributed by atoms with E-state index in [-0.39, 0.29) is 6.09 Å². The molecule has 1 aromatic carbocycles. The van der Waals surface area contributed by atoms with Gasteiger partial charge in [0.15, 0.2) is 0 Å². The summed E-state index contributed by atoms with van der Waals surface area (Å²) in [5, 5.41) is 2.73. The second-order valence-electron chi connectivity index (χ2n) is 4.23. The minimum atomic E-state index is -0.358. The van der Waals surface area contributed by atoms with Gasteiger partial charge in [-0.25, -0.2) is 4.79 Å². The van der Waals surface area contributed by atoms with E-state index >= 15 is 0 Å². The van der Waals surface area contributed by atoms with Crippen LogP contribution in [-0.2, 0) is 11.3 Å². The Hall–Kier alpha value is -1.51. The SMILES string of the molecule is Cc1cc(C(C)C)cc2c1NC(=O)OC2. The molecule has 0 aromatic heterocycles. The molecule has 0 fully saturated rings. The fourth-order valence-electron chi connectivity index (χ4n) is 1.80. The molecule has 0 radical (unpaired) electrons. The average molecular weight is 205 g/mol. The number of rotatable bonds is 1. The van der Waals surface area contributed by atoms with Crippen LogP contribution in [-0.4, -0.2) is 6.09 Å². The Labute approximate surface area is 89.4 Å². The topological polar surface area (TPSA) is 38.3 Å². The third-order valence-corrected chi connectivity index (χ3v) is 2.69. The Bertz CT molecular complexity index is 410. The van der Waals surface area contributed by atoms with Crippen LogP contribution in [0.3, 0.4) is 0 Å². The Kier molecular flexibility index (Phi) is 2.39. The molecule has 0 saturated carbocycles. The summed E-state index contributed by atoms with van der Waals surface area (Å²) in [6.07, 6.45) is -0.358. The summed E-state index contributed by atoms with van der Waals surface area (Å²) in [5.41, 5.74) is 4.37. The zero-order valence-corrected chi connectivity index (χ0v) is 9.26. The maximum atomic E-state index is 11.1. The predicted molar refractivity (Wildman–Crippen MR) is 59.1 cm³/mol. The van der Waals surface area contributed by atoms with Gasteiger partial charge in [0.1, 0.15) is 6.61 Å². The number of benzene rings is 1. The molecule has 1 heterocycles. The fraction of sp³-hybridized carbons (Fsp3) is 0.417. The number of nitrogens with one attached hydrogen (secondary N) is 1. The minimum absolute atomic E-state index is 0.358. The Morgan fingerprint density at radius 2 is 2.13 bits per heavy atom. The van der Waals surface area contributed by atoms with Gasteiger partial charge in [-0.1, -0.05) is 26.0 Å². The molecule has 1 aliphatic heterocycles. The zero-order chi connectivity index (χ0) is 11.0. The zero-order valence-electron chi connectivity index (χ0n) is 9.26. The van der Waals surface area contributed by atoms with Gasteiger partial charge in [0.05, 0.1) is 5.69 Å². The molecule has 80 valence electrons. The van der Waals surface area contributed by atoms with Crippen LogP contribution >= 0.6 is 0 Å². The van der Waals surface area contributed by atoms with Crippen LogP contribution in [0.25, 0.3) is 0 Å². The van der Waals surface area contributed by atoms with Crippen molar-refractivity contribution in [2.75, 3.05) is 5.32 Å². The quantitative estimate of drug-likeness (QED) is 0.764. The summed E-state index contributed by atoms with van der Waals surface area (Å²) < 4.78 is 4.94. The molecule has 15 heavy (non-hydrogen) atoms. The van der Waals surface area contributed by atoms with E-state index in [9.17, 15) is 4.79 Å². The molecule has 2 rings (SSSR count). The highest BCUT2D eigenvalue weighted by molar-refractivity contribution is 5.88. The van der Waals surface area contributed by atoms with E-state index < -0.39 is 0 Å². The van der Waals surface area contributed by atoms with Crippen molar-refractivity contribution in [3.63, 3.8) is 0 Å². The van der Waals surface area contributed by atoms with Crippen molar-refractivity contribution < 1.29 is 9.53 Å². The fourth-order valence-corrected chi connectivity index (χ4v) is 1.80. The lowest BCUT2D eigenvalue weighted by atomic mass is 9.96. The highest BCUT2D eigenvalue weighted by Crippen LogP contribution is 2.29. The second kappa shape index (κ2) is 3.57. The number of hydrogen-bond acceptors (Lipinski definition) is 2. The summed E-state index contributed by atoms with van der Waals surface area (Å²) in [4.78, 5) is 11.1. The van der Waals surface area contributed by atoms with E-state index in [1.807, 2.05) is 6.92 Å². The number of anilines is 1. The van der Waals surface area contributed by atoms with Crippen LogP contribution in [0.1, 0.15) is 36.5 Å². The number of aryl methyl sites for hydroxylation is 1. The van der Waals surface area contributed by atoms with Crippen LogP contribution in [0, 0.1) is 6.92 Å². The summed E-state index contributed by atoms with van der Waals surface area (Å²) in [6, 6.07) is 4.22. The first kappa shape index (κ1) is 10.0. The van der Waals surface area contributed by atoms with Crippen molar-refractivity contribution in [2.45, 2.75) is 33.3 Å². The van der Waals surface area contributed by atoms with Gasteiger partial charge in [-0.2, -0.15) is 0 Å². The van der Waals surface area contributed by atoms with Crippen LogP contribution in [0.5, 0.6) is 0 Å². The molecule has 1 amide bonds. The molecule has 3 heteroatoms. The number of hydrogen-bond donors (Lipinski definition) is 1. The lowest BCUT2D eigenvalue weighted by Crippen LogP contribution is -2.21. The lowest BCUT2D eigenvalue weighted by Gasteiger charge is -2.21. The summed E-state index contributed by atoms with van der Waals surface area (Å²) in [6.45, 7) is 6.70. The maximum absolute atomic E-state index is 11.1. The summed E-state index contributed by atoms with van der Waals surface area (Å²) >= 11 is 0. The smallest absolute Gasteiger partial charge is 0.411 e. The first-order valence-corrected chi connectivity index (χ1v) is 5.15. The molecular weight excluding hydrogens is 190 g/mol. The van der Waals surface area contributed by atoms with Crippen molar-refractivity contribution in [2.24, 2.45) is 0 Å². The van der Waals surface area contributed by atoms with Crippen LogP contribution in [0.2, 0.25) is 0 Å². The van der Waals surface area contributed by atoms with E-state index in [1.54, 1.807) is 0 Å². The monoisotopic (exact) mass is 205 g/mol. The third kappa shape index (κ3) is 1.82. The molecule has 0 saturated heterocycles. The van der Waals surface area contributed by atoms with Gasteiger partial charge in [0.2, 0.25) is 0 Å². The lowest BCUT2D eigenvalue weighted by molar-refractivity contribution is 0.151. The standard InChI is InChI=1S/C12H15NO2/c1-7(2)9-4-8(3)11-10(5-9)6-15-12(14)13-11/h4-5,7H,6H2,1-3H3,(H,13,14). The average Bonchev–Trinajstić information content (AvgIpc) is 2.18. The van der Waals surface area contributed by atoms with Crippen LogP contribution in [0.15, 0.2) is 12.1 Å². The van der Waals surface area contributed by atoms with E-state index in [1.165, 1.54) is 5.56 Å². The molecule has 1 aromatic rings. The molecule has 1 aliphatic rings. The van der Waals surface area contributed by atoms with E-state index in [0.29, 0.717) is 12.5 Å². The van der Waals surface area contributed by atoms with E-state index in [4.69, 9.17) is 4.74 Å². The first-order valence-electron chi connectivity index (χ1n) is 5.15. The van der Waals surface area contributed by atoms with Crippen molar-refractivity contribution in [3.8, 4) is 0 Å². The van der Waals surface area contributed by atoms with Crippen LogP contribution < -0.4 is 5.32 Å². The normalized spacial score (nSPS) is 14.5. The first-order chi connectivity index (χ1) is 7.08. The van der Waals surface area contributed by atoms with Gasteiger partial charge in [-0.3, -0.25) is 5.32 Å². The molecule has 0 bridgehead atoms. The number of carbonyl (C=O) groups is 1. The Balaban J connectivity index is 2.47. The molecule has 0 atom stereocenters. The molecule has 0 aliphatic carbocycles. The van der Waals surface area contributed by atoms with Gasteiger partial charge in [-0.05, 0) is 24.0 Å². The number of carbonyl (C=O) groups excluding carboxylic acids is 1. The highest BCUT2D eigenvalue weighted by atomic mass is 16.5. The van der Waals surface area contributed by atoms with Gasteiger partial charge in [0, 0.05) is 5.56 Å². The molecule has 0 spiro atoms. The van der Waals surface area contributed by atoms with Gasteiger partial charge < -0.3 is 4.74 Å². The van der Waals surface area contributed by atoms with E-state index in [0.717, 1.165) is 16.8 Å². The third-order valence-electron chi connectivity index (χ3n) is 2.69. The summed E-state index contributed by atoms with van der Waals surface area (Å²) in [5.74, 6) is 0.492. The van der Waals surface area contributed by atoms with Crippen molar-refractivity contribution in [3.05, 3.63) is 28.8 Å². The molecule has 3 nitrogen and oxygen atoms in total. The molecule has 0 unspecified atom stereocenters. The minimum Gasteiger partial charge on any atom is -0.444 e. The maximum Gasteiger partial charge on any atom is 0.411 e. The molecule has 1 N–H and O–H groups in total. The van der Waals surface area contributed by atoms with Gasteiger partial charge in [-0.15, -0.1) is 0 Å². The highest BCUT2D eigenvalue weighted by Gasteiger charge is 2.18. The largest absolute Gasteiger partial charge is 0.444 e. The number of ether oxygens (including phenoxy) is 1. The number of amides is 1. The van der Waals surface area contributed by atoms with Crippen LogP contribution in [0.4, 0.5) is 10.5 Å². The number of cyclic esters (lactones) is 1. The van der Waals surface area contributed by atoms with E-state index in [2.05, 4.69) is 31.3 Å². The number of fused-ring (bicyclic) bond motifs is 1.